The molecule has 2 heterocycles. The summed E-state index contributed by atoms with van der Waals surface area (Å²) in [7, 11) is -3.55. The van der Waals surface area contributed by atoms with Crippen LogP contribution in [0.5, 0.6) is 0 Å². The lowest BCUT2D eigenvalue weighted by molar-refractivity contribution is 0.600. The smallest absolute Gasteiger partial charge is 0.236 e. The minimum atomic E-state index is -3.55. The molecule has 2 aromatic carbocycles. The molecule has 0 unspecified atom stereocenters. The van der Waals surface area contributed by atoms with Gasteiger partial charge in [-0.15, -0.1) is 5.10 Å². The number of sulfonamides is 1. The van der Waals surface area contributed by atoms with E-state index < -0.39 is 10.0 Å². The van der Waals surface area contributed by atoms with Gasteiger partial charge in [0.2, 0.25) is 10.0 Å². The Kier molecular flexibility index (Phi) is 6.06. The van der Waals surface area contributed by atoms with E-state index in [1.165, 1.54) is 12.8 Å². The summed E-state index contributed by atoms with van der Waals surface area (Å²) in [4.78, 5) is 2.29. The summed E-state index contributed by atoms with van der Waals surface area (Å²) in [5, 5.41) is 11.9. The standard InChI is InChI=1S/C21H22ClN5O2S/c22-17-5-3-4-16(12-17)15-30(28,29)26-19-8-6-18(7-9-19)24-21-13-20(14-23-25-21)27-10-1-2-11-27/h3-9,12-14,26H,1-2,10-11,15H2,(H,24,25). The molecule has 1 aliphatic heterocycles. The van der Waals surface area contributed by atoms with Gasteiger partial charge in [-0.1, -0.05) is 23.7 Å². The van der Waals surface area contributed by atoms with Crippen LogP contribution in [0.15, 0.2) is 60.8 Å². The molecule has 9 heteroatoms. The first-order chi connectivity index (χ1) is 14.5. The number of halogens is 1. The minimum absolute atomic E-state index is 0.146. The molecule has 4 rings (SSSR count). The van der Waals surface area contributed by atoms with Crippen LogP contribution in [0.3, 0.4) is 0 Å². The molecule has 3 aromatic rings. The SMILES string of the molecule is O=S(=O)(Cc1cccc(Cl)c1)Nc1ccc(Nc2cc(N3CCCC3)cnn2)cc1. The van der Waals surface area contributed by atoms with Crippen molar-refractivity contribution in [1.82, 2.24) is 10.2 Å². The first-order valence-corrected chi connectivity index (χ1v) is 11.7. The second kappa shape index (κ2) is 8.89. The maximum atomic E-state index is 12.4. The Bertz CT molecular complexity index is 1120. The molecule has 7 nitrogen and oxygen atoms in total. The molecule has 156 valence electrons. The van der Waals surface area contributed by atoms with Gasteiger partial charge in [0.15, 0.2) is 5.82 Å². The number of nitrogens with zero attached hydrogens (tertiary/aromatic N) is 3. The molecule has 0 atom stereocenters. The van der Waals surface area contributed by atoms with Crippen LogP contribution < -0.4 is 14.9 Å². The minimum Gasteiger partial charge on any atom is -0.370 e. The van der Waals surface area contributed by atoms with E-state index in [-0.39, 0.29) is 5.75 Å². The summed E-state index contributed by atoms with van der Waals surface area (Å²) >= 11 is 5.93. The molecular formula is C21H22ClN5O2S. The first-order valence-electron chi connectivity index (χ1n) is 9.67. The highest BCUT2D eigenvalue weighted by molar-refractivity contribution is 7.91. The molecule has 1 fully saturated rings. The zero-order valence-corrected chi connectivity index (χ0v) is 17.8. The number of anilines is 4. The fourth-order valence-corrected chi connectivity index (χ4v) is 4.80. The number of rotatable bonds is 7. The molecular weight excluding hydrogens is 422 g/mol. The van der Waals surface area contributed by atoms with E-state index in [0.717, 1.165) is 24.5 Å². The molecule has 30 heavy (non-hydrogen) atoms. The van der Waals surface area contributed by atoms with Gasteiger partial charge < -0.3 is 10.2 Å². The van der Waals surface area contributed by atoms with Crippen molar-refractivity contribution in [2.24, 2.45) is 0 Å². The topological polar surface area (TPSA) is 87.2 Å². The van der Waals surface area contributed by atoms with E-state index in [1.807, 2.05) is 6.07 Å². The number of hydrogen-bond acceptors (Lipinski definition) is 6. The van der Waals surface area contributed by atoms with Crippen LogP contribution in [0.1, 0.15) is 18.4 Å². The molecule has 0 aliphatic carbocycles. The Morgan fingerprint density at radius 1 is 1.00 bits per heavy atom. The van der Waals surface area contributed by atoms with Crippen molar-refractivity contribution in [3.05, 3.63) is 71.4 Å². The van der Waals surface area contributed by atoms with E-state index in [2.05, 4.69) is 25.1 Å². The highest BCUT2D eigenvalue weighted by Gasteiger charge is 2.14. The van der Waals surface area contributed by atoms with Crippen molar-refractivity contribution in [2.75, 3.05) is 28.0 Å². The lowest BCUT2D eigenvalue weighted by Gasteiger charge is -2.17. The monoisotopic (exact) mass is 443 g/mol. The Balaban J connectivity index is 1.40. The second-order valence-corrected chi connectivity index (χ2v) is 9.35. The third kappa shape index (κ3) is 5.40. The average Bonchev–Trinajstić information content (AvgIpc) is 3.24. The van der Waals surface area contributed by atoms with Gasteiger partial charge in [0, 0.05) is 35.6 Å². The van der Waals surface area contributed by atoms with Gasteiger partial charge in [-0.05, 0) is 54.8 Å². The van der Waals surface area contributed by atoms with Crippen LogP contribution in [-0.4, -0.2) is 31.7 Å². The lowest BCUT2D eigenvalue weighted by atomic mass is 10.2. The van der Waals surface area contributed by atoms with Crippen LogP contribution in [0, 0.1) is 0 Å². The summed E-state index contributed by atoms with van der Waals surface area (Å²) < 4.78 is 27.4. The molecule has 0 spiro atoms. The van der Waals surface area contributed by atoms with Gasteiger partial charge in [0.05, 0.1) is 17.6 Å². The zero-order chi connectivity index (χ0) is 21.0. The third-order valence-electron chi connectivity index (χ3n) is 4.79. The molecule has 2 N–H and O–H groups in total. The highest BCUT2D eigenvalue weighted by Crippen LogP contribution is 2.24. The van der Waals surface area contributed by atoms with Crippen LogP contribution >= 0.6 is 11.6 Å². The van der Waals surface area contributed by atoms with Gasteiger partial charge in [0.1, 0.15) is 0 Å². The Labute approximate surface area is 181 Å². The van der Waals surface area contributed by atoms with Crippen molar-refractivity contribution in [3.8, 4) is 0 Å². The Morgan fingerprint density at radius 3 is 2.47 bits per heavy atom. The van der Waals surface area contributed by atoms with Crippen LogP contribution in [0.2, 0.25) is 5.02 Å². The third-order valence-corrected chi connectivity index (χ3v) is 6.28. The van der Waals surface area contributed by atoms with Crippen molar-refractivity contribution in [1.29, 1.82) is 0 Å². The van der Waals surface area contributed by atoms with Crippen molar-refractivity contribution in [2.45, 2.75) is 18.6 Å². The summed E-state index contributed by atoms with van der Waals surface area (Å²) in [6, 6.07) is 15.8. The van der Waals surface area contributed by atoms with Gasteiger partial charge >= 0.3 is 0 Å². The molecule has 1 aromatic heterocycles. The second-order valence-electron chi connectivity index (χ2n) is 7.19. The largest absolute Gasteiger partial charge is 0.370 e. The molecule has 1 aliphatic rings. The Morgan fingerprint density at radius 2 is 1.73 bits per heavy atom. The number of hydrogen-bond donors (Lipinski definition) is 2. The summed E-state index contributed by atoms with van der Waals surface area (Å²) in [6.07, 6.45) is 4.16. The van der Waals surface area contributed by atoms with Crippen LogP contribution in [-0.2, 0) is 15.8 Å². The van der Waals surface area contributed by atoms with E-state index >= 15 is 0 Å². The quantitative estimate of drug-likeness (QED) is 0.562. The van der Waals surface area contributed by atoms with Crippen molar-refractivity contribution in [3.63, 3.8) is 0 Å². The van der Waals surface area contributed by atoms with E-state index in [4.69, 9.17) is 11.6 Å². The van der Waals surface area contributed by atoms with Gasteiger partial charge in [-0.2, -0.15) is 5.10 Å². The fraction of sp³-hybridized carbons (Fsp3) is 0.238. The molecule has 0 saturated carbocycles. The van der Waals surface area contributed by atoms with Crippen LogP contribution in [0.4, 0.5) is 22.9 Å². The Hall–Kier alpha value is -2.84. The number of aromatic nitrogens is 2. The maximum Gasteiger partial charge on any atom is 0.236 e. The summed E-state index contributed by atoms with van der Waals surface area (Å²) in [6.45, 7) is 2.07. The number of nitrogens with one attached hydrogen (secondary N) is 2. The summed E-state index contributed by atoms with van der Waals surface area (Å²) in [5.41, 5.74) is 2.96. The normalized spacial score (nSPS) is 14.0. The van der Waals surface area contributed by atoms with E-state index in [1.54, 1.807) is 54.7 Å². The molecule has 0 bridgehead atoms. The lowest BCUT2D eigenvalue weighted by Crippen LogP contribution is -2.18. The van der Waals surface area contributed by atoms with Gasteiger partial charge in [-0.3, -0.25) is 4.72 Å². The van der Waals surface area contributed by atoms with Gasteiger partial charge in [0.25, 0.3) is 0 Å². The van der Waals surface area contributed by atoms with Crippen LogP contribution in [0.25, 0.3) is 0 Å². The van der Waals surface area contributed by atoms with Crippen molar-refractivity contribution < 1.29 is 8.42 Å². The fourth-order valence-electron chi connectivity index (χ4n) is 3.40. The predicted molar refractivity (Wildman–Crippen MR) is 121 cm³/mol. The maximum absolute atomic E-state index is 12.4. The van der Waals surface area contributed by atoms with E-state index in [0.29, 0.717) is 22.1 Å². The van der Waals surface area contributed by atoms with Crippen molar-refractivity contribution >= 4 is 44.5 Å². The zero-order valence-electron chi connectivity index (χ0n) is 16.3. The average molecular weight is 444 g/mol. The number of benzene rings is 2. The molecule has 1 saturated heterocycles. The summed E-state index contributed by atoms with van der Waals surface area (Å²) in [5.74, 6) is 0.501. The first kappa shape index (κ1) is 20.4. The highest BCUT2D eigenvalue weighted by atomic mass is 35.5. The van der Waals surface area contributed by atoms with E-state index in [9.17, 15) is 8.42 Å². The molecule has 0 radical (unpaired) electrons. The van der Waals surface area contributed by atoms with Gasteiger partial charge in [-0.25, -0.2) is 8.42 Å². The molecule has 0 amide bonds. The predicted octanol–water partition coefficient (Wildman–Crippen LogP) is 4.42.